The van der Waals surface area contributed by atoms with Crippen molar-refractivity contribution in [3.05, 3.63) is 35.2 Å². The van der Waals surface area contributed by atoms with Gasteiger partial charge < -0.3 is 14.6 Å². The second kappa shape index (κ2) is 8.14. The molecule has 0 aliphatic carbocycles. The minimum atomic E-state index is 0.160. The third-order valence-electron chi connectivity index (χ3n) is 5.18. The lowest BCUT2D eigenvalue weighted by Crippen LogP contribution is -2.33. The molecule has 26 heavy (non-hydrogen) atoms. The van der Waals surface area contributed by atoms with Crippen molar-refractivity contribution in [1.82, 2.24) is 24.6 Å². The third kappa shape index (κ3) is 4.22. The zero-order chi connectivity index (χ0) is 18.7. The summed E-state index contributed by atoms with van der Waals surface area (Å²) in [6.45, 7) is 7.67. The molecular weight excluding hydrogens is 328 g/mol. The van der Waals surface area contributed by atoms with Crippen molar-refractivity contribution in [2.45, 2.75) is 39.2 Å². The molecule has 1 fully saturated rings. The van der Waals surface area contributed by atoms with Crippen LogP contribution in [0.15, 0.2) is 12.1 Å². The predicted octanol–water partition coefficient (Wildman–Crippen LogP) is 1.64. The first-order chi connectivity index (χ1) is 12.5. The third-order valence-corrected chi connectivity index (χ3v) is 5.18. The number of rotatable bonds is 6. The van der Waals surface area contributed by atoms with Crippen LogP contribution in [0.4, 0.5) is 5.69 Å². The number of piperidine rings is 1. The average molecular weight is 358 g/mol. The van der Waals surface area contributed by atoms with Gasteiger partial charge in [-0.3, -0.25) is 9.88 Å². The number of anilines is 1. The SMILES string of the molecule is Cc1cc(N2CCC(c3nnc(CN(C)CCO)n3C)CC2)cc(C)n1. The maximum atomic E-state index is 9.05. The fraction of sp³-hybridized carbons (Fsp3) is 0.632. The molecule has 0 saturated carbocycles. The number of aliphatic hydroxyl groups excluding tert-OH is 1. The van der Waals surface area contributed by atoms with Crippen LogP contribution >= 0.6 is 0 Å². The Morgan fingerprint density at radius 1 is 1.15 bits per heavy atom. The molecule has 0 atom stereocenters. The van der Waals surface area contributed by atoms with E-state index < -0.39 is 0 Å². The number of hydrogen-bond donors (Lipinski definition) is 1. The molecule has 2 aromatic heterocycles. The van der Waals surface area contributed by atoms with Gasteiger partial charge in [-0.05, 0) is 45.9 Å². The predicted molar refractivity (Wildman–Crippen MR) is 102 cm³/mol. The van der Waals surface area contributed by atoms with E-state index in [-0.39, 0.29) is 6.61 Å². The molecule has 3 rings (SSSR count). The minimum Gasteiger partial charge on any atom is -0.395 e. The van der Waals surface area contributed by atoms with Gasteiger partial charge in [0, 0.05) is 49.7 Å². The monoisotopic (exact) mass is 358 g/mol. The summed E-state index contributed by atoms with van der Waals surface area (Å²) >= 11 is 0. The molecular formula is C19H30N6O. The number of pyridine rings is 1. The van der Waals surface area contributed by atoms with Crippen molar-refractivity contribution >= 4 is 5.69 Å². The van der Waals surface area contributed by atoms with Gasteiger partial charge in [0.15, 0.2) is 0 Å². The molecule has 0 unspecified atom stereocenters. The van der Waals surface area contributed by atoms with Crippen LogP contribution in [0.2, 0.25) is 0 Å². The molecule has 3 heterocycles. The smallest absolute Gasteiger partial charge is 0.146 e. The Labute approximate surface area is 155 Å². The Bertz CT molecular complexity index is 715. The first-order valence-electron chi connectivity index (χ1n) is 9.35. The second-order valence-corrected chi connectivity index (χ2v) is 7.36. The number of nitrogens with zero attached hydrogens (tertiary/aromatic N) is 6. The molecule has 0 aromatic carbocycles. The van der Waals surface area contributed by atoms with Crippen LogP contribution in [0.1, 0.15) is 41.8 Å². The summed E-state index contributed by atoms with van der Waals surface area (Å²) in [5.41, 5.74) is 3.43. The van der Waals surface area contributed by atoms with E-state index in [1.165, 1.54) is 5.69 Å². The molecule has 1 aliphatic rings. The zero-order valence-electron chi connectivity index (χ0n) is 16.3. The molecule has 1 saturated heterocycles. The van der Waals surface area contributed by atoms with E-state index in [1.807, 2.05) is 7.05 Å². The topological polar surface area (TPSA) is 70.3 Å². The number of aliphatic hydroxyl groups is 1. The van der Waals surface area contributed by atoms with Gasteiger partial charge in [0.25, 0.3) is 0 Å². The van der Waals surface area contributed by atoms with E-state index in [1.54, 1.807) is 0 Å². The Morgan fingerprint density at radius 3 is 2.42 bits per heavy atom. The van der Waals surface area contributed by atoms with Gasteiger partial charge in [0.05, 0.1) is 13.2 Å². The van der Waals surface area contributed by atoms with Gasteiger partial charge in [-0.1, -0.05) is 0 Å². The van der Waals surface area contributed by atoms with Gasteiger partial charge in [0.2, 0.25) is 0 Å². The molecule has 1 N–H and O–H groups in total. The van der Waals surface area contributed by atoms with E-state index in [4.69, 9.17) is 5.11 Å². The molecule has 142 valence electrons. The van der Waals surface area contributed by atoms with E-state index >= 15 is 0 Å². The number of aromatic nitrogens is 4. The molecule has 0 radical (unpaired) electrons. The van der Waals surface area contributed by atoms with Crippen molar-refractivity contribution in [3.8, 4) is 0 Å². The Balaban J connectivity index is 1.64. The first kappa shape index (κ1) is 18.8. The highest BCUT2D eigenvalue weighted by Crippen LogP contribution is 2.30. The Hall–Kier alpha value is -1.99. The Kier molecular flexibility index (Phi) is 5.88. The average Bonchev–Trinajstić information content (AvgIpc) is 2.95. The molecule has 7 heteroatoms. The molecule has 1 aliphatic heterocycles. The van der Waals surface area contributed by atoms with Crippen molar-refractivity contribution < 1.29 is 5.11 Å². The van der Waals surface area contributed by atoms with Gasteiger partial charge in [-0.25, -0.2) is 0 Å². The lowest BCUT2D eigenvalue weighted by molar-refractivity contribution is 0.213. The van der Waals surface area contributed by atoms with E-state index in [9.17, 15) is 0 Å². The first-order valence-corrected chi connectivity index (χ1v) is 9.35. The highest BCUT2D eigenvalue weighted by atomic mass is 16.3. The molecule has 0 spiro atoms. The standard InChI is InChI=1S/C19H30N6O/c1-14-11-17(12-15(2)20-14)25-7-5-16(6-8-25)19-22-21-18(24(19)4)13-23(3)9-10-26/h11-12,16,26H,5-10,13H2,1-4H3. The summed E-state index contributed by atoms with van der Waals surface area (Å²) in [4.78, 5) is 8.98. The summed E-state index contributed by atoms with van der Waals surface area (Å²) in [5, 5.41) is 17.9. The van der Waals surface area contributed by atoms with Crippen molar-refractivity contribution in [2.24, 2.45) is 7.05 Å². The fourth-order valence-corrected chi connectivity index (χ4v) is 3.75. The van der Waals surface area contributed by atoms with Crippen LogP contribution < -0.4 is 4.90 Å². The minimum absolute atomic E-state index is 0.160. The summed E-state index contributed by atoms with van der Waals surface area (Å²) in [5.74, 6) is 2.49. The summed E-state index contributed by atoms with van der Waals surface area (Å²) in [6, 6.07) is 4.34. The van der Waals surface area contributed by atoms with Crippen molar-refractivity contribution in [2.75, 3.05) is 38.2 Å². The molecule has 2 aromatic rings. The van der Waals surface area contributed by atoms with Crippen molar-refractivity contribution in [1.29, 1.82) is 0 Å². The van der Waals surface area contributed by atoms with Crippen LogP contribution in [0.5, 0.6) is 0 Å². The van der Waals surface area contributed by atoms with Crippen LogP contribution in [-0.4, -0.2) is 63.0 Å². The maximum Gasteiger partial charge on any atom is 0.146 e. The van der Waals surface area contributed by atoms with Crippen molar-refractivity contribution in [3.63, 3.8) is 0 Å². The van der Waals surface area contributed by atoms with Gasteiger partial charge >= 0.3 is 0 Å². The highest BCUT2D eigenvalue weighted by Gasteiger charge is 2.25. The Morgan fingerprint density at radius 2 is 1.81 bits per heavy atom. The highest BCUT2D eigenvalue weighted by molar-refractivity contribution is 5.48. The van der Waals surface area contributed by atoms with Crippen LogP contribution in [0, 0.1) is 13.8 Å². The van der Waals surface area contributed by atoms with Crippen LogP contribution in [0.3, 0.4) is 0 Å². The number of aryl methyl sites for hydroxylation is 2. The second-order valence-electron chi connectivity index (χ2n) is 7.36. The summed E-state index contributed by atoms with van der Waals surface area (Å²) < 4.78 is 2.13. The zero-order valence-corrected chi connectivity index (χ0v) is 16.3. The maximum absolute atomic E-state index is 9.05. The molecule has 0 amide bonds. The van der Waals surface area contributed by atoms with Crippen LogP contribution in [0.25, 0.3) is 0 Å². The van der Waals surface area contributed by atoms with E-state index in [0.717, 1.165) is 49.0 Å². The van der Waals surface area contributed by atoms with Gasteiger partial charge in [-0.15, -0.1) is 10.2 Å². The van der Waals surface area contributed by atoms with Gasteiger partial charge in [0.1, 0.15) is 11.6 Å². The van der Waals surface area contributed by atoms with Crippen LogP contribution in [-0.2, 0) is 13.6 Å². The fourth-order valence-electron chi connectivity index (χ4n) is 3.75. The number of likely N-dealkylation sites (N-methyl/N-ethyl adjacent to an activating group) is 1. The normalized spacial score (nSPS) is 15.8. The van der Waals surface area contributed by atoms with E-state index in [0.29, 0.717) is 19.0 Å². The summed E-state index contributed by atoms with van der Waals surface area (Å²) in [6.07, 6.45) is 2.16. The lowest BCUT2D eigenvalue weighted by Gasteiger charge is -2.33. The molecule has 0 bridgehead atoms. The lowest BCUT2D eigenvalue weighted by atomic mass is 9.95. The number of hydrogen-bond acceptors (Lipinski definition) is 6. The van der Waals surface area contributed by atoms with Gasteiger partial charge in [-0.2, -0.15) is 0 Å². The molecule has 7 nitrogen and oxygen atoms in total. The summed E-state index contributed by atoms with van der Waals surface area (Å²) in [7, 11) is 4.04. The quantitative estimate of drug-likeness (QED) is 0.846. The van der Waals surface area contributed by atoms with E-state index in [2.05, 4.69) is 62.6 Å². The largest absolute Gasteiger partial charge is 0.395 e.